The third kappa shape index (κ3) is 2.48. The first-order valence-electron chi connectivity index (χ1n) is 4.49. The quantitative estimate of drug-likeness (QED) is 0.410. The van der Waals surface area contributed by atoms with Crippen molar-refractivity contribution >= 4 is 25.2 Å². The van der Waals surface area contributed by atoms with Crippen LogP contribution in [0.15, 0.2) is 12.1 Å². The van der Waals surface area contributed by atoms with Crippen LogP contribution in [0.2, 0.25) is 0 Å². The minimum Gasteiger partial charge on any atom is -0.497 e. The average molecular weight is 226 g/mol. The van der Waals surface area contributed by atoms with E-state index in [1.54, 1.807) is 0 Å². The molecule has 0 unspecified atom stereocenters. The van der Waals surface area contributed by atoms with Crippen LogP contribution in [0.25, 0.3) is 0 Å². The normalized spacial score (nSPS) is 9.88. The topological polar surface area (TPSA) is 99.4 Å². The van der Waals surface area contributed by atoms with Gasteiger partial charge in [-0.1, -0.05) is 0 Å². The van der Waals surface area contributed by atoms with E-state index in [0.717, 1.165) is 0 Å². The molecule has 0 aliphatic heterocycles. The van der Waals surface area contributed by atoms with E-state index >= 15 is 0 Å². The van der Waals surface area contributed by atoms with E-state index in [2.05, 4.69) is 0 Å². The van der Waals surface area contributed by atoms with Gasteiger partial charge in [-0.25, -0.2) is 0 Å². The Morgan fingerprint density at radius 2 is 1.12 bits per heavy atom. The van der Waals surface area contributed by atoms with Crippen LogP contribution in [0.4, 0.5) is 0 Å². The van der Waals surface area contributed by atoms with E-state index in [1.165, 1.54) is 26.4 Å². The lowest BCUT2D eigenvalue weighted by molar-refractivity contribution is 0.391. The second-order valence-corrected chi connectivity index (χ2v) is 3.08. The van der Waals surface area contributed by atoms with Crippen molar-refractivity contribution in [1.29, 1.82) is 0 Å². The van der Waals surface area contributed by atoms with Crippen molar-refractivity contribution in [2.24, 2.45) is 0 Å². The zero-order chi connectivity index (χ0) is 12.3. The Bertz CT molecular complexity index is 332. The smallest absolute Gasteiger partial charge is 0.492 e. The highest BCUT2D eigenvalue weighted by atomic mass is 16.5. The van der Waals surface area contributed by atoms with Crippen LogP contribution < -0.4 is 20.4 Å². The van der Waals surface area contributed by atoms with Gasteiger partial charge in [-0.3, -0.25) is 0 Å². The van der Waals surface area contributed by atoms with Crippen molar-refractivity contribution in [2.45, 2.75) is 0 Å². The Hall–Kier alpha value is -1.21. The number of rotatable bonds is 4. The molecule has 1 aromatic carbocycles. The van der Waals surface area contributed by atoms with E-state index < -0.39 is 14.2 Å². The standard InChI is InChI=1S/C8H12B2O6/c1-15-7-3-6(10(13)14)8(16-2)4-5(7)9(11)12/h3-4,11-14H,1-2H3. The van der Waals surface area contributed by atoms with Crippen LogP contribution in [-0.2, 0) is 0 Å². The number of benzene rings is 1. The summed E-state index contributed by atoms with van der Waals surface area (Å²) in [6.07, 6.45) is 0. The fraction of sp³-hybridized carbons (Fsp3) is 0.250. The van der Waals surface area contributed by atoms with Gasteiger partial charge in [0.05, 0.1) is 14.2 Å². The molecule has 4 N–H and O–H groups in total. The fourth-order valence-electron chi connectivity index (χ4n) is 1.35. The lowest BCUT2D eigenvalue weighted by Crippen LogP contribution is -2.37. The van der Waals surface area contributed by atoms with Crippen LogP contribution in [0.3, 0.4) is 0 Å². The first-order valence-corrected chi connectivity index (χ1v) is 4.49. The average Bonchev–Trinajstić information content (AvgIpc) is 2.26. The summed E-state index contributed by atoms with van der Waals surface area (Å²) in [5.74, 6) is 0.276. The van der Waals surface area contributed by atoms with Gasteiger partial charge in [0.1, 0.15) is 11.5 Å². The van der Waals surface area contributed by atoms with Crippen LogP contribution >= 0.6 is 0 Å². The van der Waals surface area contributed by atoms with Crippen molar-refractivity contribution in [3.05, 3.63) is 12.1 Å². The Morgan fingerprint density at radius 3 is 1.31 bits per heavy atom. The number of methoxy groups -OCH3 is 2. The van der Waals surface area contributed by atoms with Gasteiger partial charge < -0.3 is 29.6 Å². The Labute approximate surface area is 93.4 Å². The predicted octanol–water partition coefficient (Wildman–Crippen LogP) is -2.94. The Morgan fingerprint density at radius 1 is 0.812 bits per heavy atom. The summed E-state index contributed by atoms with van der Waals surface area (Å²) < 4.78 is 9.80. The van der Waals surface area contributed by atoms with Crippen molar-refractivity contribution in [1.82, 2.24) is 0 Å². The number of hydrogen-bond acceptors (Lipinski definition) is 6. The first-order chi connectivity index (χ1) is 7.51. The third-order valence-corrected chi connectivity index (χ3v) is 2.14. The van der Waals surface area contributed by atoms with E-state index in [1.807, 2.05) is 0 Å². The van der Waals surface area contributed by atoms with Crippen LogP contribution in [-0.4, -0.2) is 48.6 Å². The van der Waals surface area contributed by atoms with E-state index in [0.29, 0.717) is 0 Å². The van der Waals surface area contributed by atoms with Gasteiger partial charge in [0.2, 0.25) is 0 Å². The maximum Gasteiger partial charge on any atom is 0.492 e. The zero-order valence-corrected chi connectivity index (χ0v) is 8.91. The molecule has 8 heteroatoms. The third-order valence-electron chi connectivity index (χ3n) is 2.14. The Kier molecular flexibility index (Phi) is 4.19. The van der Waals surface area contributed by atoms with Crippen molar-refractivity contribution in [3.63, 3.8) is 0 Å². The van der Waals surface area contributed by atoms with Gasteiger partial charge in [-0.15, -0.1) is 0 Å². The molecule has 1 rings (SSSR count). The largest absolute Gasteiger partial charge is 0.497 e. The summed E-state index contributed by atoms with van der Waals surface area (Å²) in [7, 11) is -0.787. The van der Waals surface area contributed by atoms with E-state index in [-0.39, 0.29) is 22.4 Å². The molecule has 6 nitrogen and oxygen atoms in total. The molecule has 0 amide bonds. The molecule has 0 radical (unpaired) electrons. The van der Waals surface area contributed by atoms with Gasteiger partial charge in [0, 0.05) is 10.9 Å². The number of ether oxygens (including phenoxy) is 2. The highest BCUT2D eigenvalue weighted by Gasteiger charge is 2.24. The molecule has 0 aliphatic rings. The summed E-state index contributed by atoms with van der Waals surface area (Å²) in [6, 6.07) is 2.55. The predicted molar refractivity (Wildman–Crippen MR) is 59.2 cm³/mol. The molecule has 0 saturated heterocycles. The van der Waals surface area contributed by atoms with Gasteiger partial charge >= 0.3 is 14.2 Å². The van der Waals surface area contributed by atoms with Crippen LogP contribution in [0, 0.1) is 0 Å². The maximum absolute atomic E-state index is 9.08. The summed E-state index contributed by atoms with van der Waals surface area (Å²) in [5.41, 5.74) is 0.174. The highest BCUT2D eigenvalue weighted by molar-refractivity contribution is 6.62. The van der Waals surface area contributed by atoms with Crippen molar-refractivity contribution < 1.29 is 29.6 Å². The second-order valence-electron chi connectivity index (χ2n) is 3.08. The molecule has 1 aromatic rings. The molecule has 0 bridgehead atoms. The molecule has 0 fully saturated rings. The van der Waals surface area contributed by atoms with Crippen molar-refractivity contribution in [3.8, 4) is 11.5 Å². The highest BCUT2D eigenvalue weighted by Crippen LogP contribution is 2.13. The molecule has 0 atom stereocenters. The lowest BCUT2D eigenvalue weighted by atomic mass is 9.73. The number of hydrogen-bond donors (Lipinski definition) is 4. The summed E-state index contributed by atoms with van der Waals surface area (Å²) >= 11 is 0. The molecular weight excluding hydrogens is 214 g/mol. The monoisotopic (exact) mass is 226 g/mol. The first kappa shape index (κ1) is 12.9. The molecule has 0 aliphatic carbocycles. The second kappa shape index (κ2) is 5.22. The minimum absolute atomic E-state index is 0.0868. The summed E-state index contributed by atoms with van der Waals surface area (Å²) in [5, 5.41) is 36.3. The maximum atomic E-state index is 9.08. The molecule has 86 valence electrons. The molecule has 0 aromatic heterocycles. The molecule has 0 heterocycles. The fourth-order valence-corrected chi connectivity index (χ4v) is 1.35. The molecule has 16 heavy (non-hydrogen) atoms. The van der Waals surface area contributed by atoms with Gasteiger partial charge in [-0.2, -0.15) is 0 Å². The van der Waals surface area contributed by atoms with Gasteiger partial charge in [-0.05, 0) is 12.1 Å². The zero-order valence-electron chi connectivity index (χ0n) is 8.91. The van der Waals surface area contributed by atoms with Crippen molar-refractivity contribution in [2.75, 3.05) is 14.2 Å². The van der Waals surface area contributed by atoms with Gasteiger partial charge in [0.25, 0.3) is 0 Å². The van der Waals surface area contributed by atoms with E-state index in [4.69, 9.17) is 29.6 Å². The van der Waals surface area contributed by atoms with Crippen LogP contribution in [0.5, 0.6) is 11.5 Å². The Balaban J connectivity index is 3.34. The summed E-state index contributed by atoms with van der Waals surface area (Å²) in [6.45, 7) is 0. The van der Waals surface area contributed by atoms with Gasteiger partial charge in [0.15, 0.2) is 0 Å². The molecular formula is C8H12B2O6. The van der Waals surface area contributed by atoms with Crippen LogP contribution in [0.1, 0.15) is 0 Å². The minimum atomic E-state index is -1.73. The van der Waals surface area contributed by atoms with E-state index in [9.17, 15) is 0 Å². The molecule has 0 spiro atoms. The SMILES string of the molecule is COc1cc(B(O)O)c(OC)cc1B(O)O. The lowest BCUT2D eigenvalue weighted by Gasteiger charge is -2.14. The summed E-state index contributed by atoms with van der Waals surface area (Å²) in [4.78, 5) is 0. The molecule has 0 saturated carbocycles.